The maximum Gasteiger partial charge on any atom is 0.178 e. The van der Waals surface area contributed by atoms with Crippen molar-refractivity contribution in [3.63, 3.8) is 0 Å². The molecule has 3 nitrogen and oxygen atoms in total. The summed E-state index contributed by atoms with van der Waals surface area (Å²) in [5.41, 5.74) is 2.66. The molecule has 2 aromatic rings. The molecule has 88 valence electrons. The second-order valence-electron chi connectivity index (χ2n) is 4.63. The van der Waals surface area contributed by atoms with Crippen LogP contribution >= 0.6 is 12.2 Å². The van der Waals surface area contributed by atoms with Crippen LogP contribution in [-0.2, 0) is 0 Å². The van der Waals surface area contributed by atoms with Crippen molar-refractivity contribution in [1.82, 2.24) is 9.55 Å². The van der Waals surface area contributed by atoms with Crippen LogP contribution in [0.3, 0.4) is 0 Å². The number of rotatable bonds is 2. The molecule has 4 heteroatoms. The van der Waals surface area contributed by atoms with Crippen LogP contribution in [0.2, 0.25) is 0 Å². The lowest BCUT2D eigenvalue weighted by molar-refractivity contribution is 0.413. The Labute approximate surface area is 106 Å². The summed E-state index contributed by atoms with van der Waals surface area (Å²) < 4.78 is 2.81. The average molecular weight is 245 g/mol. The van der Waals surface area contributed by atoms with Gasteiger partial charge in [-0.15, -0.1) is 0 Å². The molecular formula is C13H15N3S. The average Bonchev–Trinajstić information content (AvgIpc) is 2.62. The van der Waals surface area contributed by atoms with Gasteiger partial charge in [0.25, 0.3) is 0 Å². The second-order valence-corrected chi connectivity index (χ2v) is 5.02. The van der Waals surface area contributed by atoms with E-state index in [1.165, 1.54) is 0 Å². The predicted molar refractivity (Wildman–Crippen MR) is 71.4 cm³/mol. The number of imidazole rings is 1. The van der Waals surface area contributed by atoms with E-state index in [0.717, 1.165) is 15.8 Å². The first-order valence-electron chi connectivity index (χ1n) is 5.69. The summed E-state index contributed by atoms with van der Waals surface area (Å²) in [7, 11) is 0. The van der Waals surface area contributed by atoms with Crippen molar-refractivity contribution >= 4 is 23.3 Å². The highest BCUT2D eigenvalue weighted by Gasteiger charge is 2.14. The zero-order valence-electron chi connectivity index (χ0n) is 10.2. The van der Waals surface area contributed by atoms with E-state index in [1.807, 2.05) is 12.1 Å². The van der Waals surface area contributed by atoms with Gasteiger partial charge in [0.05, 0.1) is 22.7 Å². The topological polar surface area (TPSA) is 44.5 Å². The van der Waals surface area contributed by atoms with Gasteiger partial charge in [-0.25, -0.2) is 0 Å². The number of H-pyrrole nitrogens is 1. The molecule has 1 aromatic heterocycles. The number of nitrogens with zero attached hydrogens (tertiary/aromatic N) is 2. The highest BCUT2D eigenvalue weighted by molar-refractivity contribution is 7.71. The van der Waals surface area contributed by atoms with Crippen molar-refractivity contribution < 1.29 is 0 Å². The van der Waals surface area contributed by atoms with Gasteiger partial charge in [0.2, 0.25) is 0 Å². The van der Waals surface area contributed by atoms with E-state index in [4.69, 9.17) is 17.5 Å². The fourth-order valence-electron chi connectivity index (χ4n) is 1.89. The van der Waals surface area contributed by atoms with Crippen LogP contribution < -0.4 is 0 Å². The molecule has 1 heterocycles. The van der Waals surface area contributed by atoms with Gasteiger partial charge in [0, 0.05) is 6.04 Å². The fourth-order valence-corrected chi connectivity index (χ4v) is 2.27. The Hall–Kier alpha value is -1.60. The normalized spacial score (nSPS) is 12.9. The predicted octanol–water partition coefficient (Wildman–Crippen LogP) is 3.79. The molecule has 1 N–H and O–H groups in total. The van der Waals surface area contributed by atoms with Gasteiger partial charge in [0.1, 0.15) is 0 Å². The minimum absolute atomic E-state index is 0.310. The molecule has 0 fully saturated rings. The monoisotopic (exact) mass is 245 g/mol. The molecule has 2 rings (SSSR count). The van der Waals surface area contributed by atoms with Crippen LogP contribution in [0.15, 0.2) is 18.2 Å². The van der Waals surface area contributed by atoms with Gasteiger partial charge in [-0.05, 0) is 43.3 Å². The summed E-state index contributed by atoms with van der Waals surface area (Å²) in [6, 6.07) is 8.08. The van der Waals surface area contributed by atoms with E-state index in [0.29, 0.717) is 17.5 Å². The van der Waals surface area contributed by atoms with E-state index < -0.39 is 0 Å². The molecule has 1 unspecified atom stereocenters. The number of hydrogen-bond donors (Lipinski definition) is 1. The second kappa shape index (κ2) is 4.34. The fraction of sp³-hybridized carbons (Fsp3) is 0.385. The van der Waals surface area contributed by atoms with Crippen molar-refractivity contribution in [3.05, 3.63) is 28.5 Å². The molecule has 0 radical (unpaired) electrons. The number of aromatic nitrogens is 2. The Bertz CT molecular complexity index is 643. The zero-order valence-corrected chi connectivity index (χ0v) is 11.0. The summed E-state index contributed by atoms with van der Waals surface area (Å²) in [5.74, 6) is 0.492. The molecular weight excluding hydrogens is 230 g/mol. The number of nitriles is 1. The van der Waals surface area contributed by atoms with E-state index in [-0.39, 0.29) is 0 Å². The highest BCUT2D eigenvalue weighted by atomic mass is 32.1. The Morgan fingerprint density at radius 2 is 2.06 bits per heavy atom. The highest BCUT2D eigenvalue weighted by Crippen LogP contribution is 2.24. The number of fused-ring (bicyclic) bond motifs is 1. The molecule has 17 heavy (non-hydrogen) atoms. The third kappa shape index (κ3) is 1.98. The van der Waals surface area contributed by atoms with Crippen molar-refractivity contribution in [2.75, 3.05) is 0 Å². The van der Waals surface area contributed by atoms with E-state index >= 15 is 0 Å². The van der Waals surface area contributed by atoms with Gasteiger partial charge >= 0.3 is 0 Å². The molecule has 0 spiro atoms. The number of nitrogens with one attached hydrogen (secondary N) is 1. The lowest BCUT2D eigenvalue weighted by Crippen LogP contribution is -2.11. The number of benzene rings is 1. The maximum absolute atomic E-state index is 8.95. The first-order chi connectivity index (χ1) is 8.04. The van der Waals surface area contributed by atoms with Crippen molar-refractivity contribution in [3.8, 4) is 6.07 Å². The Balaban J connectivity index is 2.74. The van der Waals surface area contributed by atoms with Crippen LogP contribution in [0.5, 0.6) is 0 Å². The summed E-state index contributed by atoms with van der Waals surface area (Å²) >= 11 is 5.35. The Kier molecular flexibility index (Phi) is 3.03. The lowest BCUT2D eigenvalue weighted by Gasteiger charge is -2.18. The van der Waals surface area contributed by atoms with Gasteiger partial charge in [-0.2, -0.15) is 5.26 Å². The summed E-state index contributed by atoms with van der Waals surface area (Å²) in [6.07, 6.45) is 0. The minimum Gasteiger partial charge on any atom is -0.331 e. The third-order valence-electron chi connectivity index (χ3n) is 3.22. The van der Waals surface area contributed by atoms with Crippen LogP contribution in [0.4, 0.5) is 0 Å². The summed E-state index contributed by atoms with van der Waals surface area (Å²) in [5, 5.41) is 8.95. The van der Waals surface area contributed by atoms with Gasteiger partial charge in [-0.1, -0.05) is 13.8 Å². The van der Waals surface area contributed by atoms with Crippen LogP contribution in [0.1, 0.15) is 32.4 Å². The largest absolute Gasteiger partial charge is 0.331 e. The first-order valence-corrected chi connectivity index (χ1v) is 6.09. The quantitative estimate of drug-likeness (QED) is 0.818. The van der Waals surface area contributed by atoms with Gasteiger partial charge < -0.3 is 9.55 Å². The van der Waals surface area contributed by atoms with Crippen molar-refractivity contribution in [2.45, 2.75) is 26.8 Å². The Morgan fingerprint density at radius 1 is 1.35 bits per heavy atom. The molecule has 0 bridgehead atoms. The first kappa shape index (κ1) is 11.9. The lowest BCUT2D eigenvalue weighted by atomic mass is 10.1. The molecule has 0 aliphatic heterocycles. The SMILES string of the molecule is CC(C)C(C)n1c(=S)[nH]c2ccc(C#N)cc21. The van der Waals surface area contributed by atoms with E-state index in [1.54, 1.807) is 6.07 Å². The number of hydrogen-bond acceptors (Lipinski definition) is 2. The van der Waals surface area contributed by atoms with Crippen LogP contribution in [-0.4, -0.2) is 9.55 Å². The maximum atomic E-state index is 8.95. The van der Waals surface area contributed by atoms with Gasteiger partial charge in [0.15, 0.2) is 4.77 Å². The van der Waals surface area contributed by atoms with Gasteiger partial charge in [-0.3, -0.25) is 0 Å². The standard InChI is InChI=1S/C13H15N3S/c1-8(2)9(3)16-12-6-10(7-14)4-5-11(12)15-13(16)17/h4-6,8-9H,1-3H3,(H,15,17). The van der Waals surface area contributed by atoms with E-state index in [9.17, 15) is 0 Å². The molecule has 0 amide bonds. The minimum atomic E-state index is 0.310. The van der Waals surface area contributed by atoms with Crippen molar-refractivity contribution in [1.29, 1.82) is 5.26 Å². The van der Waals surface area contributed by atoms with Crippen LogP contribution in [0, 0.1) is 22.0 Å². The zero-order chi connectivity index (χ0) is 12.6. The van der Waals surface area contributed by atoms with Crippen LogP contribution in [0.25, 0.3) is 11.0 Å². The summed E-state index contributed by atoms with van der Waals surface area (Å²) in [6.45, 7) is 6.48. The third-order valence-corrected chi connectivity index (χ3v) is 3.52. The smallest absolute Gasteiger partial charge is 0.178 e. The Morgan fingerprint density at radius 3 is 2.65 bits per heavy atom. The molecule has 1 atom stereocenters. The van der Waals surface area contributed by atoms with E-state index in [2.05, 4.69) is 36.4 Å². The molecule has 0 aliphatic rings. The van der Waals surface area contributed by atoms with Crippen molar-refractivity contribution in [2.24, 2.45) is 5.92 Å². The summed E-state index contributed by atoms with van der Waals surface area (Å²) in [4.78, 5) is 3.18. The molecule has 0 aliphatic carbocycles. The number of aromatic amines is 1. The molecule has 0 saturated carbocycles. The molecule has 0 saturated heterocycles. The molecule has 1 aromatic carbocycles.